The first-order chi connectivity index (χ1) is 11.2. The van der Waals surface area contributed by atoms with Crippen molar-refractivity contribution in [3.05, 3.63) is 23.8 Å². The number of alkyl halides is 4. The topological polar surface area (TPSA) is 55.8 Å². The molecule has 9 heteroatoms. The predicted octanol–water partition coefficient (Wildman–Crippen LogP) is 2.39. The molecular weight excluding hydrogens is 334 g/mol. The van der Waals surface area contributed by atoms with Crippen molar-refractivity contribution >= 4 is 12.2 Å². The summed E-state index contributed by atoms with van der Waals surface area (Å²) in [5.74, 6) is -0.0542. The Balaban J connectivity index is 1.83. The molecule has 0 bridgehead atoms. The van der Waals surface area contributed by atoms with Gasteiger partial charge in [0.15, 0.2) is 11.5 Å². The van der Waals surface area contributed by atoms with E-state index in [-0.39, 0.29) is 24.5 Å². The van der Waals surface area contributed by atoms with Crippen LogP contribution in [0.4, 0.5) is 17.6 Å². The molecule has 0 radical (unpaired) electrons. The third-order valence-corrected chi connectivity index (χ3v) is 3.64. The van der Waals surface area contributed by atoms with E-state index in [1.165, 1.54) is 25.3 Å². The Morgan fingerprint density at radius 3 is 2.54 bits per heavy atom. The molecule has 1 aromatic carbocycles. The van der Waals surface area contributed by atoms with Crippen LogP contribution in [0.15, 0.2) is 18.2 Å². The lowest BCUT2D eigenvalue weighted by atomic mass is 9.95. The van der Waals surface area contributed by atoms with Gasteiger partial charge in [-0.2, -0.15) is 13.2 Å². The van der Waals surface area contributed by atoms with Gasteiger partial charge in [-0.25, -0.2) is 4.39 Å². The molecule has 1 heterocycles. The fourth-order valence-electron chi connectivity index (χ4n) is 2.20. The summed E-state index contributed by atoms with van der Waals surface area (Å²) in [5, 5.41) is 0. The number of halogens is 4. The van der Waals surface area contributed by atoms with E-state index in [1.807, 2.05) is 0 Å². The number of methoxy groups -OCH3 is 1. The minimum absolute atomic E-state index is 0.114. The molecule has 0 aliphatic carbocycles. The first-order valence-corrected chi connectivity index (χ1v) is 6.99. The lowest BCUT2D eigenvalue weighted by molar-refractivity contribution is -0.267. The monoisotopic (exact) mass is 349 g/mol. The van der Waals surface area contributed by atoms with Gasteiger partial charge < -0.3 is 14.4 Å². The number of nitrogens with zero attached hydrogens (tertiary/aromatic N) is 1. The number of likely N-dealkylation sites (tertiary alicyclic amines) is 1. The standard InChI is InChI=1S/C15H15F4NO4/c1-23-12-6-10(7-21)2-3-11(12)24-5-4-13(22)20-8-14(16,9-20)15(17,18)19/h2-3,6-7H,4-5,8-9H2,1H3. The lowest BCUT2D eigenvalue weighted by Crippen LogP contribution is -2.67. The number of hydrogen-bond acceptors (Lipinski definition) is 4. The molecular formula is C15H15F4NO4. The fraction of sp³-hybridized carbons (Fsp3) is 0.467. The minimum Gasteiger partial charge on any atom is -0.493 e. The van der Waals surface area contributed by atoms with Crippen LogP contribution in [-0.2, 0) is 4.79 Å². The smallest absolute Gasteiger partial charge is 0.426 e. The van der Waals surface area contributed by atoms with E-state index in [1.54, 1.807) is 0 Å². The van der Waals surface area contributed by atoms with E-state index >= 15 is 0 Å². The lowest BCUT2D eigenvalue weighted by Gasteiger charge is -2.44. The average molecular weight is 349 g/mol. The Hall–Kier alpha value is -2.32. The number of rotatable bonds is 6. The van der Waals surface area contributed by atoms with Crippen LogP contribution in [0, 0.1) is 0 Å². The van der Waals surface area contributed by atoms with Crippen LogP contribution < -0.4 is 9.47 Å². The van der Waals surface area contributed by atoms with Gasteiger partial charge in [-0.05, 0) is 18.2 Å². The van der Waals surface area contributed by atoms with Gasteiger partial charge in [0.05, 0.1) is 33.2 Å². The molecule has 0 aromatic heterocycles. The maximum absolute atomic E-state index is 13.4. The van der Waals surface area contributed by atoms with Gasteiger partial charge in [0.2, 0.25) is 11.6 Å². The molecule has 0 N–H and O–H groups in total. The van der Waals surface area contributed by atoms with Crippen molar-refractivity contribution < 1.29 is 36.6 Å². The van der Waals surface area contributed by atoms with Gasteiger partial charge in [-0.3, -0.25) is 9.59 Å². The van der Waals surface area contributed by atoms with Crippen LogP contribution in [0.5, 0.6) is 11.5 Å². The minimum atomic E-state index is -4.98. The van der Waals surface area contributed by atoms with Crippen LogP contribution in [0.1, 0.15) is 16.8 Å². The van der Waals surface area contributed by atoms with Crippen LogP contribution in [0.25, 0.3) is 0 Å². The highest BCUT2D eigenvalue weighted by atomic mass is 19.4. The summed E-state index contributed by atoms with van der Waals surface area (Å²) < 4.78 is 60.8. The van der Waals surface area contributed by atoms with Crippen molar-refractivity contribution in [1.82, 2.24) is 4.90 Å². The molecule has 132 valence electrons. The van der Waals surface area contributed by atoms with Crippen LogP contribution in [-0.4, -0.2) is 55.7 Å². The highest BCUT2D eigenvalue weighted by Crippen LogP contribution is 2.41. The van der Waals surface area contributed by atoms with E-state index in [2.05, 4.69) is 0 Å². The molecule has 24 heavy (non-hydrogen) atoms. The zero-order chi connectivity index (χ0) is 18.0. The molecule has 1 aromatic rings. The largest absolute Gasteiger partial charge is 0.493 e. The molecule has 2 rings (SSSR count). The summed E-state index contributed by atoms with van der Waals surface area (Å²) in [7, 11) is 1.37. The Bertz CT molecular complexity index is 626. The second kappa shape index (κ2) is 6.66. The quantitative estimate of drug-likeness (QED) is 0.585. The van der Waals surface area contributed by atoms with Crippen LogP contribution >= 0.6 is 0 Å². The number of amides is 1. The van der Waals surface area contributed by atoms with E-state index in [0.717, 1.165) is 4.90 Å². The number of ether oxygens (including phenoxy) is 2. The van der Waals surface area contributed by atoms with Crippen molar-refractivity contribution in [2.24, 2.45) is 0 Å². The predicted molar refractivity (Wildman–Crippen MR) is 75.0 cm³/mol. The van der Waals surface area contributed by atoms with Crippen molar-refractivity contribution in [1.29, 1.82) is 0 Å². The van der Waals surface area contributed by atoms with Gasteiger partial charge >= 0.3 is 6.18 Å². The van der Waals surface area contributed by atoms with Crippen molar-refractivity contribution in [3.8, 4) is 11.5 Å². The third-order valence-electron chi connectivity index (χ3n) is 3.64. The van der Waals surface area contributed by atoms with Gasteiger partial charge in [0, 0.05) is 5.56 Å². The number of aldehydes is 1. The average Bonchev–Trinajstić information content (AvgIpc) is 2.50. The highest BCUT2D eigenvalue weighted by Gasteiger charge is 2.64. The molecule has 0 spiro atoms. The van der Waals surface area contributed by atoms with Crippen LogP contribution in [0.2, 0.25) is 0 Å². The Kier molecular flexibility index (Phi) is 5.00. The maximum Gasteiger partial charge on any atom is 0.426 e. The second-order valence-electron chi connectivity index (χ2n) is 5.34. The first-order valence-electron chi connectivity index (χ1n) is 6.99. The first kappa shape index (κ1) is 18.0. The summed E-state index contributed by atoms with van der Waals surface area (Å²) in [5.41, 5.74) is -2.94. The van der Waals surface area contributed by atoms with Crippen LogP contribution in [0.3, 0.4) is 0 Å². The van der Waals surface area contributed by atoms with E-state index in [4.69, 9.17) is 9.47 Å². The zero-order valence-electron chi connectivity index (χ0n) is 12.7. The summed E-state index contributed by atoms with van der Waals surface area (Å²) in [6.07, 6.45) is -4.55. The summed E-state index contributed by atoms with van der Waals surface area (Å²) in [6.45, 7) is -2.10. The third kappa shape index (κ3) is 3.60. The van der Waals surface area contributed by atoms with Crippen molar-refractivity contribution in [2.75, 3.05) is 26.8 Å². The number of carbonyl (C=O) groups excluding carboxylic acids is 2. The van der Waals surface area contributed by atoms with Gasteiger partial charge in [0.25, 0.3) is 0 Å². The summed E-state index contributed by atoms with van der Waals surface area (Å²) in [4.78, 5) is 23.2. The molecule has 0 unspecified atom stereocenters. The number of carbonyl (C=O) groups is 2. The maximum atomic E-state index is 13.4. The van der Waals surface area contributed by atoms with E-state index in [9.17, 15) is 27.2 Å². The Morgan fingerprint density at radius 1 is 1.33 bits per heavy atom. The fourth-order valence-corrected chi connectivity index (χ4v) is 2.20. The molecule has 0 atom stereocenters. The Morgan fingerprint density at radius 2 is 2.00 bits per heavy atom. The Labute approximate surface area is 135 Å². The second-order valence-corrected chi connectivity index (χ2v) is 5.34. The van der Waals surface area contributed by atoms with Gasteiger partial charge in [-0.1, -0.05) is 0 Å². The van der Waals surface area contributed by atoms with Crippen molar-refractivity contribution in [3.63, 3.8) is 0 Å². The number of benzene rings is 1. The zero-order valence-corrected chi connectivity index (χ0v) is 12.7. The van der Waals surface area contributed by atoms with E-state index in [0.29, 0.717) is 11.8 Å². The molecule has 1 aliphatic heterocycles. The van der Waals surface area contributed by atoms with Gasteiger partial charge in [0.1, 0.15) is 6.29 Å². The summed E-state index contributed by atoms with van der Waals surface area (Å²) >= 11 is 0. The molecule has 1 amide bonds. The summed E-state index contributed by atoms with van der Waals surface area (Å²) in [6, 6.07) is 4.41. The normalized spacial score (nSPS) is 16.3. The van der Waals surface area contributed by atoms with E-state index < -0.39 is 30.8 Å². The SMILES string of the molecule is COc1cc(C=O)ccc1OCCC(=O)N1CC(F)(C(F)(F)F)C1. The molecule has 1 aliphatic rings. The molecule has 1 fully saturated rings. The molecule has 0 saturated carbocycles. The number of hydrogen-bond donors (Lipinski definition) is 0. The molecule has 5 nitrogen and oxygen atoms in total. The van der Waals surface area contributed by atoms with Crippen molar-refractivity contribution in [2.45, 2.75) is 18.3 Å². The molecule has 1 saturated heterocycles. The highest BCUT2D eigenvalue weighted by molar-refractivity contribution is 5.78. The van der Waals surface area contributed by atoms with Gasteiger partial charge in [-0.15, -0.1) is 0 Å².